The molecule has 0 aliphatic carbocycles. The van der Waals surface area contributed by atoms with E-state index in [1.165, 1.54) is 16.7 Å². The molecule has 1 aromatic carbocycles. The molecule has 1 heterocycles. The number of benzene rings is 1. The van der Waals surface area contributed by atoms with Gasteiger partial charge in [-0.3, -0.25) is 0 Å². The van der Waals surface area contributed by atoms with E-state index >= 15 is 0 Å². The molecule has 0 N–H and O–H groups in total. The van der Waals surface area contributed by atoms with Gasteiger partial charge >= 0.3 is 0 Å². The third-order valence-corrected chi connectivity index (χ3v) is 3.61. The average molecular weight is 259 g/mol. The van der Waals surface area contributed by atoms with Crippen LogP contribution in [0.15, 0.2) is 42.3 Å². The normalized spacial score (nSPS) is 10.6. The second-order valence-corrected chi connectivity index (χ2v) is 5.28. The summed E-state index contributed by atoms with van der Waals surface area (Å²) in [4.78, 5) is 0. The van der Waals surface area contributed by atoms with Gasteiger partial charge in [-0.05, 0) is 19.4 Å². The van der Waals surface area contributed by atoms with Crippen LogP contribution in [-0.2, 0) is 12.3 Å². The van der Waals surface area contributed by atoms with Gasteiger partial charge in [0.15, 0.2) is 5.16 Å². The molecule has 2 aromatic rings. The molecular weight excluding hydrogens is 242 g/mol. The summed E-state index contributed by atoms with van der Waals surface area (Å²) in [6, 6.07) is 6.62. The number of rotatable bonds is 5. The molecule has 0 spiro atoms. The molecule has 0 amide bonds. The third-order valence-electron chi connectivity index (χ3n) is 2.56. The Labute approximate surface area is 112 Å². The topological polar surface area (TPSA) is 30.7 Å². The maximum absolute atomic E-state index is 4.12. The first kappa shape index (κ1) is 12.9. The van der Waals surface area contributed by atoms with Crippen LogP contribution in [0.1, 0.15) is 16.7 Å². The summed E-state index contributed by atoms with van der Waals surface area (Å²) in [5.74, 6) is 0.915. The van der Waals surface area contributed by atoms with Crippen molar-refractivity contribution >= 4 is 11.8 Å². The van der Waals surface area contributed by atoms with Gasteiger partial charge in [-0.2, -0.15) is 0 Å². The van der Waals surface area contributed by atoms with E-state index in [-0.39, 0.29) is 0 Å². The van der Waals surface area contributed by atoms with E-state index in [9.17, 15) is 0 Å². The molecule has 0 aliphatic rings. The van der Waals surface area contributed by atoms with E-state index in [0.717, 1.165) is 17.5 Å². The molecule has 3 nitrogen and oxygen atoms in total. The van der Waals surface area contributed by atoms with Crippen LogP contribution in [0.25, 0.3) is 0 Å². The van der Waals surface area contributed by atoms with Crippen LogP contribution in [0.4, 0.5) is 0 Å². The molecule has 94 valence electrons. The van der Waals surface area contributed by atoms with Crippen molar-refractivity contribution in [1.29, 1.82) is 0 Å². The number of hydrogen-bond acceptors (Lipinski definition) is 3. The van der Waals surface area contributed by atoms with Crippen molar-refractivity contribution in [3.05, 3.63) is 53.9 Å². The minimum atomic E-state index is 0.752. The van der Waals surface area contributed by atoms with Gasteiger partial charge in [-0.15, -0.1) is 16.8 Å². The molecular formula is C14H17N3S. The van der Waals surface area contributed by atoms with E-state index < -0.39 is 0 Å². The van der Waals surface area contributed by atoms with Crippen LogP contribution >= 0.6 is 11.8 Å². The number of hydrogen-bond donors (Lipinski definition) is 0. The Kier molecular flexibility index (Phi) is 4.20. The zero-order valence-electron chi connectivity index (χ0n) is 10.8. The van der Waals surface area contributed by atoms with Crippen LogP contribution in [0.3, 0.4) is 0 Å². The van der Waals surface area contributed by atoms with E-state index in [1.807, 2.05) is 10.6 Å². The molecule has 18 heavy (non-hydrogen) atoms. The van der Waals surface area contributed by atoms with Crippen LogP contribution in [-0.4, -0.2) is 14.8 Å². The van der Waals surface area contributed by atoms with Gasteiger partial charge in [-0.25, -0.2) is 0 Å². The number of allylic oxidation sites excluding steroid dienone is 1. The molecule has 0 bridgehead atoms. The van der Waals surface area contributed by atoms with E-state index in [0.29, 0.717) is 0 Å². The highest BCUT2D eigenvalue weighted by molar-refractivity contribution is 7.98. The van der Waals surface area contributed by atoms with Crippen LogP contribution in [0.2, 0.25) is 0 Å². The van der Waals surface area contributed by atoms with Crippen LogP contribution < -0.4 is 0 Å². The van der Waals surface area contributed by atoms with Gasteiger partial charge in [-0.1, -0.05) is 47.2 Å². The Balaban J connectivity index is 2.06. The van der Waals surface area contributed by atoms with Crippen molar-refractivity contribution in [1.82, 2.24) is 14.8 Å². The summed E-state index contributed by atoms with van der Waals surface area (Å²) in [6.07, 6.45) is 3.59. The average Bonchev–Trinajstić information content (AvgIpc) is 2.73. The fourth-order valence-corrected chi connectivity index (χ4v) is 2.78. The number of aromatic nitrogens is 3. The Bertz CT molecular complexity index is 525. The molecule has 0 saturated heterocycles. The van der Waals surface area contributed by atoms with Gasteiger partial charge in [0.05, 0.1) is 0 Å². The molecule has 0 unspecified atom stereocenters. The zero-order valence-corrected chi connectivity index (χ0v) is 11.6. The summed E-state index contributed by atoms with van der Waals surface area (Å²) in [6.45, 7) is 8.74. The van der Waals surface area contributed by atoms with Gasteiger partial charge in [0.25, 0.3) is 0 Å². The lowest BCUT2D eigenvalue weighted by Crippen LogP contribution is -1.96. The lowest BCUT2D eigenvalue weighted by atomic mass is 10.1. The predicted octanol–water partition coefficient (Wildman–Crippen LogP) is 3.37. The van der Waals surface area contributed by atoms with Gasteiger partial charge in [0, 0.05) is 12.3 Å². The summed E-state index contributed by atoms with van der Waals surface area (Å²) in [5, 5.41) is 8.99. The Hall–Kier alpha value is -1.55. The molecule has 0 fully saturated rings. The van der Waals surface area contributed by atoms with Crippen molar-refractivity contribution in [3.8, 4) is 0 Å². The number of aryl methyl sites for hydroxylation is 2. The second kappa shape index (κ2) is 5.87. The van der Waals surface area contributed by atoms with E-state index in [1.54, 1.807) is 18.1 Å². The van der Waals surface area contributed by atoms with Crippen LogP contribution in [0.5, 0.6) is 0 Å². The summed E-state index contributed by atoms with van der Waals surface area (Å²) < 4.78 is 2.00. The van der Waals surface area contributed by atoms with Crippen molar-refractivity contribution in [2.24, 2.45) is 0 Å². The smallest absolute Gasteiger partial charge is 0.191 e. The Morgan fingerprint density at radius 1 is 1.28 bits per heavy atom. The summed E-state index contributed by atoms with van der Waals surface area (Å²) in [5.41, 5.74) is 3.93. The standard InChI is InChI=1S/C14H17N3S/c1-4-5-17-10-15-16-14(17)18-9-13-7-11(2)6-12(3)8-13/h4,6-8,10H,1,5,9H2,2-3H3. The van der Waals surface area contributed by atoms with Crippen LogP contribution in [0, 0.1) is 13.8 Å². The Morgan fingerprint density at radius 2 is 2.00 bits per heavy atom. The zero-order chi connectivity index (χ0) is 13.0. The molecule has 2 rings (SSSR count). The maximum atomic E-state index is 4.12. The molecule has 0 radical (unpaired) electrons. The minimum absolute atomic E-state index is 0.752. The molecule has 4 heteroatoms. The van der Waals surface area contributed by atoms with Crippen molar-refractivity contribution in [2.75, 3.05) is 0 Å². The molecule has 0 aliphatic heterocycles. The van der Waals surface area contributed by atoms with Gasteiger partial charge in [0.2, 0.25) is 0 Å². The van der Waals surface area contributed by atoms with Gasteiger partial charge in [0.1, 0.15) is 6.33 Å². The quantitative estimate of drug-likeness (QED) is 0.609. The highest BCUT2D eigenvalue weighted by Gasteiger charge is 2.04. The monoisotopic (exact) mass is 259 g/mol. The highest BCUT2D eigenvalue weighted by atomic mass is 32.2. The maximum Gasteiger partial charge on any atom is 0.191 e. The number of thioether (sulfide) groups is 1. The minimum Gasteiger partial charge on any atom is -0.305 e. The predicted molar refractivity (Wildman–Crippen MR) is 75.7 cm³/mol. The van der Waals surface area contributed by atoms with Crippen molar-refractivity contribution in [3.63, 3.8) is 0 Å². The second-order valence-electron chi connectivity index (χ2n) is 4.34. The fourth-order valence-electron chi connectivity index (χ4n) is 1.92. The van der Waals surface area contributed by atoms with Crippen molar-refractivity contribution in [2.45, 2.75) is 31.3 Å². The molecule has 0 atom stereocenters. The first-order valence-electron chi connectivity index (χ1n) is 5.87. The first-order chi connectivity index (χ1) is 8.69. The molecule has 0 saturated carbocycles. The lowest BCUT2D eigenvalue weighted by Gasteiger charge is -2.05. The Morgan fingerprint density at radius 3 is 2.67 bits per heavy atom. The summed E-state index contributed by atoms with van der Waals surface area (Å²) in [7, 11) is 0. The SMILES string of the molecule is C=CCn1cnnc1SCc1cc(C)cc(C)c1. The molecule has 1 aromatic heterocycles. The van der Waals surface area contributed by atoms with Crippen molar-refractivity contribution < 1.29 is 0 Å². The fraction of sp³-hybridized carbons (Fsp3) is 0.286. The van der Waals surface area contributed by atoms with E-state index in [2.05, 4.69) is 48.8 Å². The third kappa shape index (κ3) is 3.23. The first-order valence-corrected chi connectivity index (χ1v) is 6.86. The summed E-state index contributed by atoms with van der Waals surface area (Å²) >= 11 is 1.71. The highest BCUT2D eigenvalue weighted by Crippen LogP contribution is 2.22. The number of nitrogens with zero attached hydrogens (tertiary/aromatic N) is 3. The lowest BCUT2D eigenvalue weighted by molar-refractivity contribution is 0.725. The van der Waals surface area contributed by atoms with E-state index in [4.69, 9.17) is 0 Å². The van der Waals surface area contributed by atoms with Gasteiger partial charge < -0.3 is 4.57 Å². The largest absolute Gasteiger partial charge is 0.305 e.